The molecule has 2 aromatic rings. The fourth-order valence-electron chi connectivity index (χ4n) is 3.15. The zero-order valence-electron chi connectivity index (χ0n) is 17.6. The quantitative estimate of drug-likeness (QED) is 0.442. The lowest BCUT2D eigenvalue weighted by Gasteiger charge is -2.21. The van der Waals surface area contributed by atoms with Crippen molar-refractivity contribution >= 4 is 29.4 Å². The molecule has 168 valence electrons. The highest BCUT2D eigenvalue weighted by atomic mass is 16.5. The molecule has 1 fully saturated rings. The van der Waals surface area contributed by atoms with E-state index in [0.717, 1.165) is 0 Å². The van der Waals surface area contributed by atoms with E-state index in [9.17, 15) is 19.2 Å². The molecule has 1 atom stereocenters. The molecule has 5 N–H and O–H groups in total. The van der Waals surface area contributed by atoms with Gasteiger partial charge < -0.3 is 30.6 Å². The Hall–Kier alpha value is -4.28. The lowest BCUT2D eigenvalue weighted by Crippen LogP contribution is -2.40. The van der Waals surface area contributed by atoms with Gasteiger partial charge in [0.05, 0.1) is 14.2 Å². The lowest BCUT2D eigenvalue weighted by molar-refractivity contribution is -0.123. The van der Waals surface area contributed by atoms with Crippen LogP contribution >= 0.6 is 0 Å². The second-order valence-corrected chi connectivity index (χ2v) is 7.03. The minimum absolute atomic E-state index is 0.128. The fraction of sp³-hybridized carbons (Fsp3) is 0.238. The number of nitrogens with two attached hydrogens (primary N) is 1. The van der Waals surface area contributed by atoms with Crippen LogP contribution in [-0.2, 0) is 15.1 Å². The van der Waals surface area contributed by atoms with Crippen LogP contribution in [0.2, 0.25) is 0 Å². The van der Waals surface area contributed by atoms with Crippen LogP contribution in [0.25, 0.3) is 0 Å². The van der Waals surface area contributed by atoms with Gasteiger partial charge in [0.15, 0.2) is 18.1 Å². The van der Waals surface area contributed by atoms with Gasteiger partial charge in [-0.05, 0) is 36.8 Å². The van der Waals surface area contributed by atoms with Gasteiger partial charge >= 0.3 is 6.03 Å². The number of ether oxygens (including phenoxy) is 3. The Morgan fingerprint density at radius 2 is 1.75 bits per heavy atom. The van der Waals surface area contributed by atoms with Gasteiger partial charge in [0, 0.05) is 11.3 Å². The molecule has 3 rings (SSSR count). The van der Waals surface area contributed by atoms with E-state index in [0.29, 0.717) is 11.3 Å². The van der Waals surface area contributed by atoms with Crippen molar-refractivity contribution in [3.8, 4) is 17.2 Å². The maximum absolute atomic E-state index is 12.9. The van der Waals surface area contributed by atoms with E-state index in [1.807, 2.05) is 0 Å². The van der Waals surface area contributed by atoms with Crippen molar-refractivity contribution < 1.29 is 33.4 Å². The SMILES string of the molecule is COc1cc(C(=O)Nc2cccc(C3(C)NC(=O)NC3=O)c2)cc(OC)c1OCC(N)=O. The average Bonchev–Trinajstić information content (AvgIpc) is 3.03. The van der Waals surface area contributed by atoms with Crippen molar-refractivity contribution in [1.82, 2.24) is 10.6 Å². The summed E-state index contributed by atoms with van der Waals surface area (Å²) in [5.74, 6) is -1.21. The Morgan fingerprint density at radius 1 is 1.09 bits per heavy atom. The molecule has 32 heavy (non-hydrogen) atoms. The number of rotatable bonds is 8. The van der Waals surface area contributed by atoms with E-state index in [1.165, 1.54) is 26.4 Å². The number of hydrogen-bond donors (Lipinski definition) is 4. The highest BCUT2D eigenvalue weighted by Gasteiger charge is 2.43. The molecular formula is C21H22N4O7. The first kappa shape index (κ1) is 22.4. The van der Waals surface area contributed by atoms with E-state index < -0.39 is 35.9 Å². The Balaban J connectivity index is 1.87. The first-order chi connectivity index (χ1) is 15.2. The largest absolute Gasteiger partial charge is 0.493 e. The molecule has 0 spiro atoms. The fourth-order valence-corrected chi connectivity index (χ4v) is 3.15. The van der Waals surface area contributed by atoms with Gasteiger partial charge in [0.2, 0.25) is 5.75 Å². The molecule has 1 aliphatic rings. The maximum Gasteiger partial charge on any atom is 0.322 e. The van der Waals surface area contributed by atoms with Gasteiger partial charge in [-0.1, -0.05) is 12.1 Å². The van der Waals surface area contributed by atoms with Crippen molar-refractivity contribution in [3.05, 3.63) is 47.5 Å². The van der Waals surface area contributed by atoms with Crippen LogP contribution in [0.3, 0.4) is 0 Å². The van der Waals surface area contributed by atoms with Gasteiger partial charge in [0.1, 0.15) is 5.54 Å². The minimum Gasteiger partial charge on any atom is -0.493 e. The predicted octanol–water partition coefficient (Wildman–Crippen LogP) is 0.875. The molecule has 0 aromatic heterocycles. The predicted molar refractivity (Wildman–Crippen MR) is 113 cm³/mol. The Kier molecular flexibility index (Phi) is 6.19. The van der Waals surface area contributed by atoms with Crippen LogP contribution in [0.15, 0.2) is 36.4 Å². The molecule has 0 aliphatic carbocycles. The standard InChI is InChI=1S/C21H22N4O7/c1-21(19(28)24-20(29)25-21)12-5-4-6-13(9-12)23-18(27)11-7-14(30-2)17(15(8-11)31-3)32-10-16(22)26/h4-9H,10H2,1-3H3,(H2,22,26)(H,23,27)(H2,24,25,28,29). The number of anilines is 1. The topological polar surface area (TPSA) is 158 Å². The summed E-state index contributed by atoms with van der Waals surface area (Å²) in [6.45, 7) is 1.17. The monoisotopic (exact) mass is 442 g/mol. The Morgan fingerprint density at radius 3 is 2.28 bits per heavy atom. The Bertz CT molecular complexity index is 1080. The van der Waals surface area contributed by atoms with E-state index in [2.05, 4.69) is 16.0 Å². The first-order valence-corrected chi connectivity index (χ1v) is 9.40. The number of benzene rings is 2. The van der Waals surface area contributed by atoms with Gasteiger partial charge in [-0.15, -0.1) is 0 Å². The number of hydrogen-bond acceptors (Lipinski definition) is 7. The average molecular weight is 442 g/mol. The van der Waals surface area contributed by atoms with Crippen LogP contribution < -0.4 is 35.9 Å². The zero-order chi connectivity index (χ0) is 23.5. The summed E-state index contributed by atoms with van der Waals surface area (Å²) in [5, 5.41) is 7.50. The molecular weight excluding hydrogens is 420 g/mol. The van der Waals surface area contributed by atoms with E-state index in [-0.39, 0.29) is 22.8 Å². The summed E-state index contributed by atoms with van der Waals surface area (Å²) < 4.78 is 15.9. The van der Waals surface area contributed by atoms with E-state index >= 15 is 0 Å². The van der Waals surface area contributed by atoms with Crippen LogP contribution in [0, 0.1) is 0 Å². The highest BCUT2D eigenvalue weighted by Crippen LogP contribution is 2.38. The Labute approximate surface area is 183 Å². The first-order valence-electron chi connectivity index (χ1n) is 9.40. The normalized spacial score (nSPS) is 17.2. The van der Waals surface area contributed by atoms with Crippen LogP contribution in [0.5, 0.6) is 17.2 Å². The molecule has 0 saturated carbocycles. The number of urea groups is 1. The molecule has 11 nitrogen and oxygen atoms in total. The van der Waals surface area contributed by atoms with Crippen LogP contribution in [0.4, 0.5) is 10.5 Å². The molecule has 0 bridgehead atoms. The number of methoxy groups -OCH3 is 2. The molecule has 1 saturated heterocycles. The summed E-state index contributed by atoms with van der Waals surface area (Å²) in [4.78, 5) is 47.6. The number of imide groups is 1. The number of amides is 5. The third-order valence-electron chi connectivity index (χ3n) is 4.82. The van der Waals surface area contributed by atoms with E-state index in [4.69, 9.17) is 19.9 Å². The second-order valence-electron chi connectivity index (χ2n) is 7.03. The molecule has 11 heteroatoms. The molecule has 1 heterocycles. The molecule has 1 unspecified atom stereocenters. The highest BCUT2D eigenvalue weighted by molar-refractivity contribution is 6.08. The third kappa shape index (κ3) is 4.41. The summed E-state index contributed by atoms with van der Waals surface area (Å²) >= 11 is 0. The second kappa shape index (κ2) is 8.84. The molecule has 1 aliphatic heterocycles. The van der Waals surface area contributed by atoms with Crippen molar-refractivity contribution in [3.63, 3.8) is 0 Å². The van der Waals surface area contributed by atoms with Crippen LogP contribution in [-0.4, -0.2) is 44.6 Å². The maximum atomic E-state index is 12.9. The molecule has 2 aromatic carbocycles. The van der Waals surface area contributed by atoms with Crippen molar-refractivity contribution in [1.29, 1.82) is 0 Å². The van der Waals surface area contributed by atoms with Crippen molar-refractivity contribution in [2.45, 2.75) is 12.5 Å². The summed E-state index contributed by atoms with van der Waals surface area (Å²) in [6, 6.07) is 8.78. The molecule has 0 radical (unpaired) electrons. The van der Waals surface area contributed by atoms with Gasteiger partial charge in [-0.25, -0.2) is 4.79 Å². The molecule has 5 amide bonds. The van der Waals surface area contributed by atoms with Gasteiger partial charge in [-0.3, -0.25) is 19.7 Å². The summed E-state index contributed by atoms with van der Waals surface area (Å²) in [7, 11) is 2.75. The van der Waals surface area contributed by atoms with Gasteiger partial charge in [0.25, 0.3) is 17.7 Å². The summed E-state index contributed by atoms with van der Waals surface area (Å²) in [6.07, 6.45) is 0. The smallest absolute Gasteiger partial charge is 0.322 e. The van der Waals surface area contributed by atoms with Gasteiger partial charge in [-0.2, -0.15) is 0 Å². The number of primary amides is 1. The van der Waals surface area contributed by atoms with Crippen molar-refractivity contribution in [2.24, 2.45) is 5.73 Å². The van der Waals surface area contributed by atoms with E-state index in [1.54, 1.807) is 31.2 Å². The minimum atomic E-state index is -1.26. The third-order valence-corrected chi connectivity index (χ3v) is 4.82. The summed E-state index contributed by atoms with van der Waals surface area (Å²) in [5.41, 5.74) is 4.93. The number of carbonyl (C=O) groups excluding carboxylic acids is 4. The number of carbonyl (C=O) groups is 4. The van der Waals surface area contributed by atoms with Crippen LogP contribution in [0.1, 0.15) is 22.8 Å². The number of nitrogens with one attached hydrogen (secondary N) is 3. The van der Waals surface area contributed by atoms with Crippen molar-refractivity contribution in [2.75, 3.05) is 26.1 Å². The lowest BCUT2D eigenvalue weighted by atomic mass is 9.92. The zero-order valence-corrected chi connectivity index (χ0v) is 17.6.